The number of hydrogen-bond donors (Lipinski definition) is 2. The number of thioether (sulfide) groups is 1. The van der Waals surface area contributed by atoms with Gasteiger partial charge in [0.15, 0.2) is 0 Å². The summed E-state index contributed by atoms with van der Waals surface area (Å²) >= 11 is 7.74. The number of hydrazine groups is 1. The van der Waals surface area contributed by atoms with Crippen molar-refractivity contribution in [3.63, 3.8) is 0 Å². The maximum Gasteiger partial charge on any atom is 0.110 e. The molecule has 0 saturated carbocycles. The van der Waals surface area contributed by atoms with Crippen LogP contribution in [0.3, 0.4) is 0 Å². The molecule has 0 aliphatic carbocycles. The Morgan fingerprint density at radius 1 is 1.48 bits per heavy atom. The minimum Gasteiger partial charge on any atom is -0.335 e. The normalized spacial score (nSPS) is 12.5. The molecule has 0 bridgehead atoms. The quantitative estimate of drug-likeness (QED) is 0.445. The molecule has 0 fully saturated rings. The summed E-state index contributed by atoms with van der Waals surface area (Å²) in [6.45, 7) is 3.16. The van der Waals surface area contributed by atoms with E-state index >= 15 is 0 Å². The van der Waals surface area contributed by atoms with Crippen LogP contribution in [0, 0.1) is 0 Å². The molecule has 4 nitrogen and oxygen atoms in total. The highest BCUT2D eigenvalue weighted by Crippen LogP contribution is 2.22. The van der Waals surface area contributed by atoms with Gasteiger partial charge in [0.1, 0.15) is 5.82 Å². The van der Waals surface area contributed by atoms with Crippen LogP contribution in [0.4, 0.5) is 0 Å². The first-order valence-electron chi connectivity index (χ1n) is 7.07. The third kappa shape index (κ3) is 5.04. The lowest BCUT2D eigenvalue weighted by Crippen LogP contribution is -2.39. The Morgan fingerprint density at radius 3 is 3.05 bits per heavy atom. The van der Waals surface area contributed by atoms with E-state index in [0.29, 0.717) is 0 Å². The molecule has 0 radical (unpaired) electrons. The van der Waals surface area contributed by atoms with Gasteiger partial charge in [-0.25, -0.2) is 4.98 Å². The highest BCUT2D eigenvalue weighted by Gasteiger charge is 2.12. The minimum atomic E-state index is 0.173. The van der Waals surface area contributed by atoms with E-state index in [9.17, 15) is 0 Å². The van der Waals surface area contributed by atoms with Crippen molar-refractivity contribution < 1.29 is 0 Å². The molecule has 0 aliphatic rings. The molecule has 2 aromatic rings. The molecule has 3 N–H and O–H groups in total. The second-order valence-electron chi connectivity index (χ2n) is 4.87. The number of rotatable bonds is 8. The van der Waals surface area contributed by atoms with Gasteiger partial charge in [-0.2, -0.15) is 0 Å². The zero-order valence-electron chi connectivity index (χ0n) is 12.1. The fraction of sp³-hybridized carbons (Fsp3) is 0.400. The van der Waals surface area contributed by atoms with Gasteiger partial charge in [0.2, 0.25) is 0 Å². The van der Waals surface area contributed by atoms with Crippen LogP contribution in [0.25, 0.3) is 0 Å². The first-order valence-corrected chi connectivity index (χ1v) is 8.43. The van der Waals surface area contributed by atoms with Crippen LogP contribution in [0.5, 0.6) is 0 Å². The lowest BCUT2D eigenvalue weighted by molar-refractivity contribution is 0.535. The van der Waals surface area contributed by atoms with E-state index in [1.54, 1.807) is 11.8 Å². The van der Waals surface area contributed by atoms with Gasteiger partial charge in [-0.15, -0.1) is 11.8 Å². The topological polar surface area (TPSA) is 55.9 Å². The van der Waals surface area contributed by atoms with E-state index < -0.39 is 0 Å². The molecule has 21 heavy (non-hydrogen) atoms. The second kappa shape index (κ2) is 8.44. The van der Waals surface area contributed by atoms with Crippen molar-refractivity contribution in [1.29, 1.82) is 0 Å². The average Bonchev–Trinajstić information content (AvgIpc) is 2.91. The third-order valence-corrected chi connectivity index (χ3v) is 4.57. The minimum absolute atomic E-state index is 0.173. The van der Waals surface area contributed by atoms with Gasteiger partial charge in [-0.1, -0.05) is 24.6 Å². The number of aromatic nitrogens is 2. The maximum atomic E-state index is 6.00. The summed E-state index contributed by atoms with van der Waals surface area (Å²) in [5.74, 6) is 7.63. The summed E-state index contributed by atoms with van der Waals surface area (Å²) in [5.41, 5.74) is 2.89. The number of aryl methyl sites for hydroxylation is 1. The number of nitrogens with zero attached hydrogens (tertiary/aromatic N) is 2. The Bertz CT molecular complexity index is 558. The molecule has 1 aromatic heterocycles. The summed E-state index contributed by atoms with van der Waals surface area (Å²) in [5, 5.41) is 0.760. The first-order chi connectivity index (χ1) is 10.2. The largest absolute Gasteiger partial charge is 0.335 e. The number of imidazole rings is 1. The summed E-state index contributed by atoms with van der Waals surface area (Å²) in [4.78, 5) is 5.58. The first kappa shape index (κ1) is 16.4. The van der Waals surface area contributed by atoms with Gasteiger partial charge in [0, 0.05) is 47.1 Å². The SMILES string of the molecule is CCCn1ccnc1CC(CSc1cccc(Cl)c1)NN. The van der Waals surface area contributed by atoms with E-state index in [1.165, 1.54) is 0 Å². The Morgan fingerprint density at radius 2 is 2.33 bits per heavy atom. The van der Waals surface area contributed by atoms with Crippen LogP contribution in [0.2, 0.25) is 5.02 Å². The van der Waals surface area contributed by atoms with E-state index in [4.69, 9.17) is 17.4 Å². The predicted octanol–water partition coefficient (Wildman–Crippen LogP) is 3.11. The predicted molar refractivity (Wildman–Crippen MR) is 89.5 cm³/mol. The highest BCUT2D eigenvalue weighted by atomic mass is 35.5. The number of nitrogens with two attached hydrogens (primary N) is 1. The lowest BCUT2D eigenvalue weighted by Gasteiger charge is -2.16. The van der Waals surface area contributed by atoms with Crippen molar-refractivity contribution >= 4 is 23.4 Å². The van der Waals surface area contributed by atoms with Crippen molar-refractivity contribution in [3.05, 3.63) is 47.5 Å². The van der Waals surface area contributed by atoms with Crippen LogP contribution >= 0.6 is 23.4 Å². The highest BCUT2D eigenvalue weighted by molar-refractivity contribution is 7.99. The summed E-state index contributed by atoms with van der Waals surface area (Å²) in [6.07, 6.45) is 5.79. The van der Waals surface area contributed by atoms with Gasteiger partial charge < -0.3 is 4.57 Å². The zero-order valence-corrected chi connectivity index (χ0v) is 13.7. The van der Waals surface area contributed by atoms with Crippen LogP contribution in [-0.2, 0) is 13.0 Å². The standard InChI is InChI=1S/C15H21ClN4S/c1-2-7-20-8-6-18-15(20)10-13(19-17)11-21-14-5-3-4-12(16)9-14/h3-6,8-9,13,19H,2,7,10-11,17H2,1H3. The molecule has 0 spiro atoms. The van der Waals surface area contributed by atoms with Gasteiger partial charge in [-0.3, -0.25) is 11.3 Å². The van der Waals surface area contributed by atoms with Crippen LogP contribution < -0.4 is 11.3 Å². The van der Waals surface area contributed by atoms with Crippen LogP contribution in [-0.4, -0.2) is 21.3 Å². The molecule has 0 saturated heterocycles. The molecule has 114 valence electrons. The Labute approximate surface area is 135 Å². The second-order valence-corrected chi connectivity index (χ2v) is 6.40. The van der Waals surface area contributed by atoms with Crippen molar-refractivity contribution in [3.8, 4) is 0 Å². The molecule has 0 aliphatic heterocycles. The Balaban J connectivity index is 1.92. The van der Waals surface area contributed by atoms with Crippen molar-refractivity contribution in [1.82, 2.24) is 15.0 Å². The van der Waals surface area contributed by atoms with Gasteiger partial charge in [-0.05, 0) is 24.6 Å². The smallest absolute Gasteiger partial charge is 0.110 e. The number of hydrogen-bond acceptors (Lipinski definition) is 4. The molecule has 0 amide bonds. The zero-order chi connectivity index (χ0) is 15.1. The fourth-order valence-electron chi connectivity index (χ4n) is 2.11. The van der Waals surface area contributed by atoms with Crippen LogP contribution in [0.15, 0.2) is 41.6 Å². The number of halogens is 1. The molecule has 6 heteroatoms. The molecular weight excluding hydrogens is 304 g/mol. The Hall–Kier alpha value is -1.01. The maximum absolute atomic E-state index is 6.00. The summed E-state index contributed by atoms with van der Waals surface area (Å²) in [7, 11) is 0. The monoisotopic (exact) mass is 324 g/mol. The fourth-order valence-corrected chi connectivity index (χ4v) is 3.36. The number of benzene rings is 1. The molecular formula is C15H21ClN4S. The third-order valence-electron chi connectivity index (χ3n) is 3.18. The number of nitrogens with one attached hydrogen (secondary N) is 1. The molecule has 1 heterocycles. The molecule has 1 atom stereocenters. The van der Waals surface area contributed by atoms with Crippen molar-refractivity contribution in [2.75, 3.05) is 5.75 Å². The van der Waals surface area contributed by atoms with Gasteiger partial charge in [0.05, 0.1) is 0 Å². The van der Waals surface area contributed by atoms with Gasteiger partial charge >= 0.3 is 0 Å². The van der Waals surface area contributed by atoms with Gasteiger partial charge in [0.25, 0.3) is 0 Å². The Kier molecular flexibility index (Phi) is 6.57. The van der Waals surface area contributed by atoms with E-state index in [1.807, 2.05) is 30.6 Å². The van der Waals surface area contributed by atoms with Crippen molar-refractivity contribution in [2.24, 2.45) is 5.84 Å². The van der Waals surface area contributed by atoms with E-state index in [2.05, 4.69) is 28.0 Å². The van der Waals surface area contributed by atoms with E-state index in [-0.39, 0.29) is 6.04 Å². The average molecular weight is 325 g/mol. The molecule has 1 unspecified atom stereocenters. The van der Waals surface area contributed by atoms with E-state index in [0.717, 1.165) is 40.9 Å². The molecule has 1 aromatic carbocycles. The van der Waals surface area contributed by atoms with Crippen LogP contribution in [0.1, 0.15) is 19.2 Å². The lowest BCUT2D eigenvalue weighted by atomic mass is 10.2. The summed E-state index contributed by atoms with van der Waals surface area (Å²) < 4.78 is 2.19. The molecule has 2 rings (SSSR count). The summed E-state index contributed by atoms with van der Waals surface area (Å²) in [6, 6.07) is 8.04. The van der Waals surface area contributed by atoms with Crippen molar-refractivity contribution in [2.45, 2.75) is 37.2 Å².